The van der Waals surface area contributed by atoms with Crippen molar-refractivity contribution in [3.8, 4) is 0 Å². The van der Waals surface area contributed by atoms with E-state index in [0.29, 0.717) is 0 Å². The molecule has 3 N–H and O–H groups in total. The summed E-state index contributed by atoms with van der Waals surface area (Å²) in [6, 6.07) is 0. The lowest BCUT2D eigenvalue weighted by Gasteiger charge is -2.37. The Balaban J connectivity index is 2.33. The van der Waals surface area contributed by atoms with Crippen LogP contribution in [-0.4, -0.2) is 16.5 Å². The zero-order valence-corrected chi connectivity index (χ0v) is 5.58. The minimum absolute atomic E-state index is 0.0556. The first-order valence-electron chi connectivity index (χ1n) is 2.82. The molecule has 0 radical (unpaired) electrons. The average Bonchev–Trinajstić information content (AvgIpc) is 1.67. The predicted molar refractivity (Wildman–Crippen MR) is 35.4 cm³/mol. The maximum atomic E-state index is 8.74. The van der Waals surface area contributed by atoms with Gasteiger partial charge in [-0.1, -0.05) is 18.4 Å². The molecular formula is C5H11NOS. The van der Waals surface area contributed by atoms with Crippen LogP contribution >= 0.6 is 11.9 Å². The Labute approximate surface area is 53.6 Å². The summed E-state index contributed by atoms with van der Waals surface area (Å²) < 4.78 is 0.0556. The van der Waals surface area contributed by atoms with Gasteiger partial charge in [0, 0.05) is 0 Å². The topological polar surface area (TPSA) is 46.2 Å². The average molecular weight is 133 g/mol. The van der Waals surface area contributed by atoms with Crippen molar-refractivity contribution in [3.63, 3.8) is 0 Å². The number of nitrogens with two attached hydrogens (primary N) is 1. The van der Waals surface area contributed by atoms with Gasteiger partial charge >= 0.3 is 0 Å². The number of hydrogen-bond donors (Lipinski definition) is 2. The third-order valence-electron chi connectivity index (χ3n) is 1.80. The molecule has 0 aromatic heterocycles. The fraction of sp³-hybridized carbons (Fsp3) is 1.00. The highest BCUT2D eigenvalue weighted by Crippen LogP contribution is 2.40. The molecule has 0 atom stereocenters. The molecule has 1 rings (SSSR count). The summed E-state index contributed by atoms with van der Waals surface area (Å²) in [6.07, 6.45) is 3.40. The van der Waals surface area contributed by atoms with Crippen molar-refractivity contribution in [1.82, 2.24) is 0 Å². The quantitative estimate of drug-likeness (QED) is 0.539. The van der Waals surface area contributed by atoms with Crippen molar-refractivity contribution in [1.29, 1.82) is 0 Å². The molecule has 0 bridgehead atoms. The van der Waals surface area contributed by atoms with Gasteiger partial charge in [0.2, 0.25) is 0 Å². The summed E-state index contributed by atoms with van der Waals surface area (Å²) in [5.41, 5.74) is 0. The number of aliphatic hydroxyl groups excluding tert-OH is 1. The van der Waals surface area contributed by atoms with Crippen LogP contribution in [0.15, 0.2) is 0 Å². The van der Waals surface area contributed by atoms with E-state index >= 15 is 0 Å². The van der Waals surface area contributed by atoms with Gasteiger partial charge in [-0.3, -0.25) is 5.14 Å². The van der Waals surface area contributed by atoms with Gasteiger partial charge in [0.1, 0.15) is 0 Å². The van der Waals surface area contributed by atoms with Crippen LogP contribution in [0, 0.1) is 0 Å². The van der Waals surface area contributed by atoms with Gasteiger partial charge in [-0.15, -0.1) is 0 Å². The molecule has 0 aromatic carbocycles. The fourth-order valence-corrected chi connectivity index (χ4v) is 1.48. The molecule has 0 unspecified atom stereocenters. The number of aliphatic hydroxyl groups is 1. The summed E-state index contributed by atoms with van der Waals surface area (Å²) in [5.74, 6) is 0. The molecule has 0 spiro atoms. The maximum absolute atomic E-state index is 8.74. The van der Waals surface area contributed by atoms with Gasteiger partial charge in [0.05, 0.1) is 11.4 Å². The van der Waals surface area contributed by atoms with Gasteiger partial charge in [0.25, 0.3) is 0 Å². The molecule has 3 heteroatoms. The lowest BCUT2D eigenvalue weighted by molar-refractivity contribution is 0.191. The lowest BCUT2D eigenvalue weighted by atomic mass is 9.85. The number of hydrogen-bond acceptors (Lipinski definition) is 3. The van der Waals surface area contributed by atoms with E-state index in [4.69, 9.17) is 10.2 Å². The summed E-state index contributed by atoms with van der Waals surface area (Å²) in [4.78, 5) is 0. The SMILES string of the molecule is NSC1(CO)CCC1. The van der Waals surface area contributed by atoms with Gasteiger partial charge in [-0.25, -0.2) is 0 Å². The van der Waals surface area contributed by atoms with Crippen LogP contribution in [0.3, 0.4) is 0 Å². The van der Waals surface area contributed by atoms with Crippen LogP contribution in [0.5, 0.6) is 0 Å². The maximum Gasteiger partial charge on any atom is 0.0590 e. The third kappa shape index (κ3) is 0.855. The Kier molecular flexibility index (Phi) is 1.80. The second-order valence-electron chi connectivity index (χ2n) is 2.31. The summed E-state index contributed by atoms with van der Waals surface area (Å²) in [6.45, 7) is 0.244. The van der Waals surface area contributed by atoms with Crippen molar-refractivity contribution >= 4 is 11.9 Å². The van der Waals surface area contributed by atoms with Crippen molar-refractivity contribution in [2.24, 2.45) is 5.14 Å². The Bertz CT molecular complexity index is 69.0. The summed E-state index contributed by atoms with van der Waals surface area (Å²) >= 11 is 1.31. The molecule has 0 heterocycles. The highest BCUT2D eigenvalue weighted by molar-refractivity contribution is 7.98. The first-order chi connectivity index (χ1) is 3.83. The van der Waals surface area contributed by atoms with Crippen LogP contribution in [0.25, 0.3) is 0 Å². The van der Waals surface area contributed by atoms with Crippen LogP contribution in [0.2, 0.25) is 0 Å². The van der Waals surface area contributed by atoms with Crippen molar-refractivity contribution in [2.75, 3.05) is 6.61 Å². The highest BCUT2D eigenvalue weighted by Gasteiger charge is 2.35. The first kappa shape index (κ1) is 6.39. The predicted octanol–water partition coefficient (Wildman–Crippen LogP) is 0.508. The van der Waals surface area contributed by atoms with Crippen molar-refractivity contribution in [2.45, 2.75) is 24.0 Å². The van der Waals surface area contributed by atoms with Crippen LogP contribution in [0.4, 0.5) is 0 Å². The van der Waals surface area contributed by atoms with Gasteiger partial charge in [0.15, 0.2) is 0 Å². The van der Waals surface area contributed by atoms with Crippen LogP contribution < -0.4 is 5.14 Å². The number of rotatable bonds is 2. The van der Waals surface area contributed by atoms with E-state index in [1.807, 2.05) is 0 Å². The van der Waals surface area contributed by atoms with Crippen molar-refractivity contribution in [3.05, 3.63) is 0 Å². The van der Waals surface area contributed by atoms with E-state index in [1.54, 1.807) is 0 Å². The molecule has 1 fully saturated rings. The first-order valence-corrected chi connectivity index (χ1v) is 3.70. The molecule has 0 aromatic rings. The monoisotopic (exact) mass is 133 g/mol. The van der Waals surface area contributed by atoms with Gasteiger partial charge in [-0.05, 0) is 12.8 Å². The molecule has 48 valence electrons. The van der Waals surface area contributed by atoms with Crippen LogP contribution in [-0.2, 0) is 0 Å². The minimum atomic E-state index is 0.0556. The highest BCUT2D eigenvalue weighted by atomic mass is 32.2. The van der Waals surface area contributed by atoms with E-state index in [0.717, 1.165) is 12.8 Å². The molecule has 0 aliphatic heterocycles. The van der Waals surface area contributed by atoms with E-state index in [-0.39, 0.29) is 11.4 Å². The minimum Gasteiger partial charge on any atom is -0.395 e. The zero-order valence-electron chi connectivity index (χ0n) is 4.76. The summed E-state index contributed by atoms with van der Waals surface area (Å²) in [5, 5.41) is 14.1. The molecular weight excluding hydrogens is 122 g/mol. The molecule has 2 nitrogen and oxygen atoms in total. The Morgan fingerprint density at radius 3 is 2.25 bits per heavy atom. The Morgan fingerprint density at radius 2 is 2.25 bits per heavy atom. The zero-order chi connectivity index (χ0) is 6.04. The molecule has 1 saturated carbocycles. The second kappa shape index (κ2) is 2.25. The Hall–Kier alpha value is 0.270. The second-order valence-corrected chi connectivity index (χ2v) is 3.41. The smallest absolute Gasteiger partial charge is 0.0590 e. The van der Waals surface area contributed by atoms with Gasteiger partial charge < -0.3 is 5.11 Å². The van der Waals surface area contributed by atoms with Gasteiger partial charge in [-0.2, -0.15) is 0 Å². The normalized spacial score (nSPS) is 24.8. The third-order valence-corrected chi connectivity index (χ3v) is 2.84. The fourth-order valence-electron chi connectivity index (χ4n) is 0.884. The standard InChI is InChI=1S/C5H11NOS/c6-8-5(4-7)2-1-3-5/h7H,1-4,6H2. The molecule has 0 saturated heterocycles. The molecule has 8 heavy (non-hydrogen) atoms. The largest absolute Gasteiger partial charge is 0.395 e. The molecule has 1 aliphatic rings. The lowest BCUT2D eigenvalue weighted by Crippen LogP contribution is -2.38. The van der Waals surface area contributed by atoms with Crippen molar-refractivity contribution < 1.29 is 5.11 Å². The van der Waals surface area contributed by atoms with E-state index in [9.17, 15) is 0 Å². The Morgan fingerprint density at radius 1 is 1.62 bits per heavy atom. The van der Waals surface area contributed by atoms with Crippen LogP contribution in [0.1, 0.15) is 19.3 Å². The van der Waals surface area contributed by atoms with E-state index in [1.165, 1.54) is 18.4 Å². The van der Waals surface area contributed by atoms with E-state index in [2.05, 4.69) is 0 Å². The molecule has 1 aliphatic carbocycles. The molecule has 0 amide bonds. The summed E-state index contributed by atoms with van der Waals surface area (Å²) in [7, 11) is 0. The van der Waals surface area contributed by atoms with E-state index < -0.39 is 0 Å².